The Morgan fingerprint density at radius 1 is 1.28 bits per heavy atom. The Morgan fingerprint density at radius 3 is 2.76 bits per heavy atom. The molecule has 0 aliphatic carbocycles. The van der Waals surface area contributed by atoms with Crippen molar-refractivity contribution in [3.63, 3.8) is 0 Å². The number of primary amides is 1. The van der Waals surface area contributed by atoms with Crippen LogP contribution in [0.25, 0.3) is 22.4 Å². The molecule has 0 unspecified atom stereocenters. The van der Waals surface area contributed by atoms with Crippen molar-refractivity contribution < 1.29 is 4.79 Å². The highest BCUT2D eigenvalue weighted by atomic mass is 32.1. The lowest BCUT2D eigenvalue weighted by atomic mass is 10.2. The average Bonchev–Trinajstić information content (AvgIpc) is 3.20. The molecular weight excluding hydrogens is 334 g/mol. The molecule has 1 aliphatic heterocycles. The molecule has 6 nitrogen and oxygen atoms in total. The Labute approximate surface area is 152 Å². The summed E-state index contributed by atoms with van der Waals surface area (Å²) in [4.78, 5) is 26.6. The Kier molecular flexibility index (Phi) is 4.67. The zero-order valence-electron chi connectivity index (χ0n) is 14.0. The lowest BCUT2D eigenvalue weighted by molar-refractivity contribution is -0.119. The van der Waals surface area contributed by atoms with Crippen molar-refractivity contribution >= 4 is 36.3 Å². The Bertz CT molecular complexity index is 908. The van der Waals surface area contributed by atoms with Crippen molar-refractivity contribution in [1.82, 2.24) is 15.0 Å². The number of nitrogens with one attached hydrogen (secondary N) is 1. The monoisotopic (exact) mass is 355 g/mol. The largest absolute Gasteiger partial charge is 0.368 e. The Balaban J connectivity index is 0.00000182. The van der Waals surface area contributed by atoms with E-state index in [9.17, 15) is 4.79 Å². The predicted octanol–water partition coefficient (Wildman–Crippen LogP) is 2.50. The first-order valence-electron chi connectivity index (χ1n) is 8.12. The molecule has 1 amide bonds. The van der Waals surface area contributed by atoms with E-state index in [1.165, 1.54) is 0 Å². The quantitative estimate of drug-likeness (QED) is 0.755. The lowest BCUT2D eigenvalue weighted by Crippen LogP contribution is -2.40. The van der Waals surface area contributed by atoms with Crippen molar-refractivity contribution in [3.05, 3.63) is 42.1 Å². The van der Waals surface area contributed by atoms with Gasteiger partial charge in [-0.05, 0) is 25.8 Å². The van der Waals surface area contributed by atoms with Crippen LogP contribution in [0.5, 0.6) is 0 Å². The van der Waals surface area contributed by atoms with Crippen LogP contribution in [0, 0.1) is 6.92 Å². The highest BCUT2D eigenvalue weighted by molar-refractivity contribution is 7.59. The van der Waals surface area contributed by atoms with Crippen LogP contribution in [0.2, 0.25) is 0 Å². The number of hydrogen-bond acceptors (Lipinski definition) is 4. The number of nitrogens with two attached hydrogens (primary N) is 1. The van der Waals surface area contributed by atoms with Gasteiger partial charge in [-0.2, -0.15) is 13.5 Å². The number of H-pyrrole nitrogens is 1. The number of anilines is 1. The molecule has 3 heterocycles. The van der Waals surface area contributed by atoms with Gasteiger partial charge in [0.05, 0.1) is 5.39 Å². The molecule has 3 N–H and O–H groups in total. The van der Waals surface area contributed by atoms with Gasteiger partial charge in [-0.1, -0.05) is 30.3 Å². The minimum Gasteiger partial charge on any atom is -0.368 e. The van der Waals surface area contributed by atoms with Crippen LogP contribution in [0.1, 0.15) is 18.5 Å². The van der Waals surface area contributed by atoms with Gasteiger partial charge in [0.2, 0.25) is 5.91 Å². The average molecular weight is 355 g/mol. The molecule has 1 aromatic carbocycles. The maximum absolute atomic E-state index is 11.8. The summed E-state index contributed by atoms with van der Waals surface area (Å²) in [7, 11) is 0. The Morgan fingerprint density at radius 2 is 2.04 bits per heavy atom. The summed E-state index contributed by atoms with van der Waals surface area (Å²) in [5.41, 5.74) is 8.34. The van der Waals surface area contributed by atoms with E-state index >= 15 is 0 Å². The molecule has 3 aromatic rings. The summed E-state index contributed by atoms with van der Waals surface area (Å²) in [5, 5.41) is 0.931. The van der Waals surface area contributed by atoms with Crippen LogP contribution in [0.3, 0.4) is 0 Å². The summed E-state index contributed by atoms with van der Waals surface area (Å²) in [5.74, 6) is 1.13. The third-order valence-corrected chi connectivity index (χ3v) is 4.49. The summed E-state index contributed by atoms with van der Waals surface area (Å²) < 4.78 is 0. The van der Waals surface area contributed by atoms with Crippen LogP contribution < -0.4 is 10.6 Å². The number of aromatic nitrogens is 3. The van der Waals surface area contributed by atoms with Gasteiger partial charge in [0, 0.05) is 17.8 Å². The Hall–Kier alpha value is -2.54. The zero-order chi connectivity index (χ0) is 16.7. The SMILES string of the molecule is Cc1cc2c(N3CCC[C@H]3C(N)=O)nc(-c3ccccc3)nc2[nH]1.S. The topological polar surface area (TPSA) is 87.9 Å². The molecule has 25 heavy (non-hydrogen) atoms. The second-order valence-electron chi connectivity index (χ2n) is 6.21. The van der Waals surface area contributed by atoms with Crippen LogP contribution in [0.4, 0.5) is 5.82 Å². The summed E-state index contributed by atoms with van der Waals surface area (Å²) in [6.45, 7) is 2.77. The van der Waals surface area contributed by atoms with Crippen molar-refractivity contribution in [1.29, 1.82) is 0 Å². The molecule has 1 fully saturated rings. The molecule has 1 aliphatic rings. The van der Waals surface area contributed by atoms with Crippen molar-refractivity contribution in [2.45, 2.75) is 25.8 Å². The van der Waals surface area contributed by atoms with Gasteiger partial charge in [-0.3, -0.25) is 4.79 Å². The van der Waals surface area contributed by atoms with E-state index in [2.05, 4.69) is 9.97 Å². The second-order valence-corrected chi connectivity index (χ2v) is 6.21. The van der Waals surface area contributed by atoms with Gasteiger partial charge < -0.3 is 15.6 Å². The number of benzene rings is 1. The molecule has 1 atom stereocenters. The summed E-state index contributed by atoms with van der Waals surface area (Å²) >= 11 is 0. The normalized spacial score (nSPS) is 16.8. The fraction of sp³-hybridized carbons (Fsp3) is 0.278. The minimum atomic E-state index is -0.304. The molecule has 1 saturated heterocycles. The standard InChI is InChI=1S/C18H19N5O.H2S/c1-11-10-13-17(20-11)21-16(12-6-3-2-4-7-12)22-18(13)23-9-5-8-14(23)15(19)24;/h2-4,6-7,10,14H,5,8-9H2,1H3,(H2,19,24)(H,20,21,22);1H2/t14-;/m0./s1. The van der Waals surface area contributed by atoms with Gasteiger partial charge in [0.15, 0.2) is 5.82 Å². The number of amides is 1. The first-order valence-corrected chi connectivity index (χ1v) is 8.12. The van der Waals surface area contributed by atoms with Crippen molar-refractivity contribution in [2.75, 3.05) is 11.4 Å². The third-order valence-electron chi connectivity index (χ3n) is 4.49. The molecule has 0 bridgehead atoms. The van der Waals surface area contributed by atoms with Crippen LogP contribution in [-0.4, -0.2) is 33.4 Å². The van der Waals surface area contributed by atoms with E-state index in [4.69, 9.17) is 10.7 Å². The molecule has 130 valence electrons. The molecular formula is C18H21N5OS. The molecule has 4 rings (SSSR count). The van der Waals surface area contributed by atoms with Crippen LogP contribution in [-0.2, 0) is 4.79 Å². The maximum Gasteiger partial charge on any atom is 0.240 e. The zero-order valence-corrected chi connectivity index (χ0v) is 15.0. The van der Waals surface area contributed by atoms with E-state index in [0.29, 0.717) is 5.82 Å². The van der Waals surface area contributed by atoms with E-state index in [0.717, 1.165) is 47.5 Å². The summed E-state index contributed by atoms with van der Waals surface area (Å²) in [6, 6.07) is 11.6. The van der Waals surface area contributed by atoms with Gasteiger partial charge in [-0.15, -0.1) is 0 Å². The second kappa shape index (κ2) is 6.76. The van der Waals surface area contributed by atoms with Crippen molar-refractivity contribution in [2.24, 2.45) is 5.73 Å². The molecule has 7 heteroatoms. The lowest BCUT2D eigenvalue weighted by Gasteiger charge is -2.24. The third kappa shape index (κ3) is 3.07. The van der Waals surface area contributed by atoms with E-state index in [1.807, 2.05) is 48.2 Å². The number of aryl methyl sites for hydroxylation is 1. The first kappa shape index (κ1) is 17.3. The van der Waals surface area contributed by atoms with Gasteiger partial charge in [-0.25, -0.2) is 9.97 Å². The highest BCUT2D eigenvalue weighted by Crippen LogP contribution is 2.32. The van der Waals surface area contributed by atoms with Crippen LogP contribution >= 0.6 is 13.5 Å². The van der Waals surface area contributed by atoms with Crippen molar-refractivity contribution in [3.8, 4) is 11.4 Å². The van der Waals surface area contributed by atoms with Gasteiger partial charge in [0.25, 0.3) is 0 Å². The number of hydrogen-bond donors (Lipinski definition) is 2. The number of nitrogens with zero attached hydrogens (tertiary/aromatic N) is 3. The molecule has 0 spiro atoms. The smallest absolute Gasteiger partial charge is 0.240 e. The van der Waals surface area contributed by atoms with Gasteiger partial charge >= 0.3 is 0 Å². The minimum absolute atomic E-state index is 0. The fourth-order valence-corrected chi connectivity index (χ4v) is 3.38. The highest BCUT2D eigenvalue weighted by Gasteiger charge is 2.31. The number of carbonyl (C=O) groups is 1. The van der Waals surface area contributed by atoms with Gasteiger partial charge in [0.1, 0.15) is 17.5 Å². The number of fused-ring (bicyclic) bond motifs is 1. The fourth-order valence-electron chi connectivity index (χ4n) is 3.38. The molecule has 2 aromatic heterocycles. The summed E-state index contributed by atoms with van der Waals surface area (Å²) in [6.07, 6.45) is 1.70. The number of rotatable bonds is 3. The predicted molar refractivity (Wildman–Crippen MR) is 104 cm³/mol. The van der Waals surface area contributed by atoms with Crippen LogP contribution in [0.15, 0.2) is 36.4 Å². The molecule has 0 radical (unpaired) electrons. The van der Waals surface area contributed by atoms with E-state index < -0.39 is 0 Å². The number of aromatic amines is 1. The maximum atomic E-state index is 11.8. The first-order chi connectivity index (χ1) is 11.6. The number of carbonyl (C=O) groups excluding carboxylic acids is 1. The van der Waals surface area contributed by atoms with E-state index in [-0.39, 0.29) is 25.4 Å². The molecule has 0 saturated carbocycles. The van der Waals surface area contributed by atoms with E-state index in [1.54, 1.807) is 0 Å².